The van der Waals surface area contributed by atoms with Crippen LogP contribution in [0.4, 0.5) is 13.2 Å². The first-order valence-electron chi connectivity index (χ1n) is 5.15. The Morgan fingerprint density at radius 1 is 1.17 bits per heavy atom. The number of Topliss-reactive ketones (excluding diaryl/α,β-unsaturated/α-hetero) is 1. The third kappa shape index (κ3) is 2.27. The molecule has 1 unspecified atom stereocenters. The van der Waals surface area contributed by atoms with Gasteiger partial charge in [-0.3, -0.25) is 4.79 Å². The molecule has 0 bridgehead atoms. The minimum atomic E-state index is -4.47. The Morgan fingerprint density at radius 2 is 1.72 bits per heavy atom. The fraction of sp³-hybridized carbons (Fsp3) is 0.364. The predicted octanol–water partition coefficient (Wildman–Crippen LogP) is 2.08. The lowest BCUT2D eigenvalue weighted by Crippen LogP contribution is -2.42. The maximum atomic E-state index is 12.3. The SMILES string of the molecule is O=C(c1ccc(C(F)(F)F)cc1)C1CCS1(=O)=O. The summed E-state index contributed by atoms with van der Waals surface area (Å²) in [6, 6.07) is 3.58. The van der Waals surface area contributed by atoms with Gasteiger partial charge in [0.15, 0.2) is 15.6 Å². The monoisotopic (exact) mass is 278 g/mol. The molecule has 1 heterocycles. The zero-order valence-electron chi connectivity index (χ0n) is 9.07. The first-order chi connectivity index (χ1) is 8.22. The summed E-state index contributed by atoms with van der Waals surface area (Å²) in [4.78, 5) is 11.7. The topological polar surface area (TPSA) is 51.2 Å². The number of ketones is 1. The number of benzene rings is 1. The highest BCUT2D eigenvalue weighted by atomic mass is 32.2. The van der Waals surface area contributed by atoms with E-state index in [1.165, 1.54) is 0 Å². The molecule has 2 rings (SSSR count). The summed E-state index contributed by atoms with van der Waals surface area (Å²) in [6.07, 6.45) is -4.23. The van der Waals surface area contributed by atoms with E-state index in [0.717, 1.165) is 24.3 Å². The molecule has 1 aliphatic heterocycles. The predicted molar refractivity (Wildman–Crippen MR) is 58.0 cm³/mol. The van der Waals surface area contributed by atoms with Crippen molar-refractivity contribution in [1.82, 2.24) is 0 Å². The third-order valence-corrected chi connectivity index (χ3v) is 5.01. The molecule has 7 heteroatoms. The van der Waals surface area contributed by atoms with Gasteiger partial charge in [0.25, 0.3) is 0 Å². The van der Waals surface area contributed by atoms with Crippen LogP contribution >= 0.6 is 0 Å². The second kappa shape index (κ2) is 4.08. The Bertz CT molecular complexity index is 573. The molecule has 1 fully saturated rings. The van der Waals surface area contributed by atoms with Crippen LogP contribution in [0.5, 0.6) is 0 Å². The fourth-order valence-electron chi connectivity index (χ4n) is 1.73. The molecule has 0 amide bonds. The minimum absolute atomic E-state index is 0.00345. The third-order valence-electron chi connectivity index (χ3n) is 2.89. The lowest BCUT2D eigenvalue weighted by Gasteiger charge is -2.24. The number of hydrogen-bond donors (Lipinski definition) is 0. The Balaban J connectivity index is 2.23. The average molecular weight is 278 g/mol. The Kier molecular flexibility index (Phi) is 2.96. The normalized spacial score (nSPS) is 22.3. The van der Waals surface area contributed by atoms with Crippen LogP contribution in [0.25, 0.3) is 0 Å². The number of carbonyl (C=O) groups excluding carboxylic acids is 1. The van der Waals surface area contributed by atoms with Crippen molar-refractivity contribution in [3.63, 3.8) is 0 Å². The van der Waals surface area contributed by atoms with Crippen molar-refractivity contribution in [3.8, 4) is 0 Å². The molecule has 18 heavy (non-hydrogen) atoms. The molecule has 0 spiro atoms. The number of halogens is 3. The van der Waals surface area contributed by atoms with Crippen LogP contribution in [-0.4, -0.2) is 25.2 Å². The van der Waals surface area contributed by atoms with Crippen molar-refractivity contribution in [3.05, 3.63) is 35.4 Å². The molecule has 1 aromatic rings. The smallest absolute Gasteiger partial charge is 0.293 e. The van der Waals surface area contributed by atoms with E-state index < -0.39 is 32.6 Å². The van der Waals surface area contributed by atoms with Crippen molar-refractivity contribution in [2.45, 2.75) is 17.8 Å². The highest BCUT2D eigenvalue weighted by Crippen LogP contribution is 2.30. The van der Waals surface area contributed by atoms with Crippen molar-refractivity contribution >= 4 is 15.6 Å². The van der Waals surface area contributed by atoms with Crippen molar-refractivity contribution in [2.75, 3.05) is 5.75 Å². The van der Waals surface area contributed by atoms with Gasteiger partial charge in [0, 0.05) is 5.56 Å². The van der Waals surface area contributed by atoms with E-state index >= 15 is 0 Å². The highest BCUT2D eigenvalue weighted by Gasteiger charge is 2.41. The van der Waals surface area contributed by atoms with E-state index in [1.807, 2.05) is 0 Å². The number of carbonyl (C=O) groups is 1. The molecule has 98 valence electrons. The number of rotatable bonds is 2. The first-order valence-corrected chi connectivity index (χ1v) is 6.86. The summed E-state index contributed by atoms with van der Waals surface area (Å²) in [5.41, 5.74) is -0.869. The van der Waals surface area contributed by atoms with E-state index in [9.17, 15) is 26.4 Å². The Morgan fingerprint density at radius 3 is 2.06 bits per heavy atom. The van der Waals surface area contributed by atoms with Crippen molar-refractivity contribution < 1.29 is 26.4 Å². The molecule has 1 atom stereocenters. The summed E-state index contributed by atoms with van der Waals surface area (Å²) >= 11 is 0. The van der Waals surface area contributed by atoms with Crippen LogP contribution in [0.1, 0.15) is 22.3 Å². The minimum Gasteiger partial charge on any atom is -0.293 e. The summed E-state index contributed by atoms with van der Waals surface area (Å²) in [7, 11) is -3.38. The van der Waals surface area contributed by atoms with E-state index in [0.29, 0.717) is 0 Å². The summed E-state index contributed by atoms with van der Waals surface area (Å²) in [5, 5.41) is -1.09. The second-order valence-corrected chi connectivity index (χ2v) is 6.39. The summed E-state index contributed by atoms with van der Waals surface area (Å²) < 4.78 is 59.4. The zero-order chi connectivity index (χ0) is 13.6. The lowest BCUT2D eigenvalue weighted by atomic mass is 10.0. The van der Waals surface area contributed by atoms with Gasteiger partial charge in [-0.25, -0.2) is 8.42 Å². The van der Waals surface area contributed by atoms with Gasteiger partial charge in [-0.05, 0) is 18.6 Å². The van der Waals surface area contributed by atoms with Gasteiger partial charge in [-0.15, -0.1) is 0 Å². The largest absolute Gasteiger partial charge is 0.416 e. The first kappa shape index (κ1) is 13.1. The zero-order valence-corrected chi connectivity index (χ0v) is 9.88. The molecule has 0 aliphatic carbocycles. The van der Waals surface area contributed by atoms with E-state index in [2.05, 4.69) is 0 Å². The summed E-state index contributed by atoms with van der Waals surface area (Å²) in [6.45, 7) is 0. The quantitative estimate of drug-likeness (QED) is 0.778. The molecule has 3 nitrogen and oxygen atoms in total. The standard InChI is InChI=1S/C11H9F3O3S/c12-11(13,14)8-3-1-7(2-4-8)10(15)9-5-6-18(9,16)17/h1-4,9H,5-6H2. The molecule has 1 aliphatic rings. The maximum absolute atomic E-state index is 12.3. The van der Waals surface area contributed by atoms with E-state index in [1.54, 1.807) is 0 Å². The van der Waals surface area contributed by atoms with Crippen molar-refractivity contribution in [2.24, 2.45) is 0 Å². The molecular formula is C11H9F3O3S. The number of hydrogen-bond acceptors (Lipinski definition) is 3. The van der Waals surface area contributed by atoms with Crippen molar-refractivity contribution in [1.29, 1.82) is 0 Å². The van der Waals surface area contributed by atoms with Gasteiger partial charge in [0.05, 0.1) is 11.3 Å². The molecule has 0 radical (unpaired) electrons. The molecule has 0 aromatic heterocycles. The van der Waals surface area contributed by atoms with Crippen LogP contribution in [0, 0.1) is 0 Å². The fourth-order valence-corrected chi connectivity index (χ4v) is 3.05. The average Bonchev–Trinajstić information content (AvgIpc) is 2.26. The Hall–Kier alpha value is -1.37. The highest BCUT2D eigenvalue weighted by molar-refractivity contribution is 7.94. The van der Waals surface area contributed by atoms with E-state index in [-0.39, 0.29) is 17.7 Å². The van der Waals surface area contributed by atoms with Gasteiger partial charge in [0.2, 0.25) is 0 Å². The van der Waals surface area contributed by atoms with Gasteiger partial charge < -0.3 is 0 Å². The second-order valence-electron chi connectivity index (χ2n) is 4.08. The number of sulfone groups is 1. The maximum Gasteiger partial charge on any atom is 0.416 e. The van der Waals surface area contributed by atoms with E-state index in [4.69, 9.17) is 0 Å². The molecular weight excluding hydrogens is 269 g/mol. The molecule has 1 saturated heterocycles. The van der Waals surface area contributed by atoms with Gasteiger partial charge in [-0.2, -0.15) is 13.2 Å². The van der Waals surface area contributed by atoms with Gasteiger partial charge in [-0.1, -0.05) is 12.1 Å². The molecule has 0 saturated carbocycles. The Labute approximate surface area is 102 Å². The lowest BCUT2D eigenvalue weighted by molar-refractivity contribution is -0.137. The summed E-state index contributed by atoms with van der Waals surface area (Å²) in [5.74, 6) is -0.667. The van der Waals surface area contributed by atoms with Crippen LogP contribution in [0.3, 0.4) is 0 Å². The van der Waals surface area contributed by atoms with Gasteiger partial charge >= 0.3 is 6.18 Å². The number of alkyl halides is 3. The molecule has 1 aromatic carbocycles. The van der Waals surface area contributed by atoms with Crippen LogP contribution in [0.15, 0.2) is 24.3 Å². The van der Waals surface area contributed by atoms with Crippen LogP contribution in [0.2, 0.25) is 0 Å². The van der Waals surface area contributed by atoms with Gasteiger partial charge in [0.1, 0.15) is 5.25 Å². The van der Waals surface area contributed by atoms with Crippen LogP contribution < -0.4 is 0 Å². The molecule has 0 N–H and O–H groups in total. The van der Waals surface area contributed by atoms with Crippen LogP contribution in [-0.2, 0) is 16.0 Å².